The third-order valence-electron chi connectivity index (χ3n) is 7.38. The lowest BCUT2D eigenvalue weighted by atomic mass is 10.1. The highest BCUT2D eigenvalue weighted by molar-refractivity contribution is 7.47. The smallest absolute Gasteiger partial charge is 0.463 e. The zero-order chi connectivity index (χ0) is 33.3. The Balaban J connectivity index is 3.63. The van der Waals surface area contributed by atoms with Crippen molar-refractivity contribution < 1.29 is 37.9 Å². The Kier molecular flexibility index (Phi) is 31.3. The van der Waals surface area contributed by atoms with Gasteiger partial charge < -0.3 is 20.1 Å². The van der Waals surface area contributed by atoms with Gasteiger partial charge in [0.2, 0.25) is 5.91 Å². The Bertz CT molecular complexity index is 805. The van der Waals surface area contributed by atoms with Gasteiger partial charge in [0.25, 0.3) is 0 Å². The molecule has 0 bridgehead atoms. The molecule has 0 spiro atoms. The largest absolute Gasteiger partial charge is 0.472 e. The number of carbonyl (C=O) groups is 2. The predicted molar refractivity (Wildman–Crippen MR) is 183 cm³/mol. The second-order valence-corrected chi connectivity index (χ2v) is 13.3. The van der Waals surface area contributed by atoms with Crippen LogP contribution in [-0.2, 0) is 27.9 Å². The van der Waals surface area contributed by atoms with Crippen molar-refractivity contribution in [2.45, 2.75) is 161 Å². The predicted octanol–water partition coefficient (Wildman–Crippen LogP) is 8.87. The molecule has 0 radical (unpaired) electrons. The van der Waals surface area contributed by atoms with Crippen molar-refractivity contribution in [3.8, 4) is 0 Å². The normalized spacial score (nSPS) is 13.8. The van der Waals surface area contributed by atoms with E-state index in [1.165, 1.54) is 70.6 Å². The number of phosphoric ester groups is 1. The monoisotopic (exact) mass is 659 g/mol. The van der Waals surface area contributed by atoms with E-state index in [1.54, 1.807) is 0 Å². The summed E-state index contributed by atoms with van der Waals surface area (Å²) >= 11 is 0. The second kappa shape index (κ2) is 32.4. The summed E-state index contributed by atoms with van der Waals surface area (Å²) in [6.45, 7) is 3.45. The molecule has 0 aromatic rings. The third kappa shape index (κ3) is 33.7. The van der Waals surface area contributed by atoms with E-state index in [-0.39, 0.29) is 32.1 Å². The fourth-order valence-electron chi connectivity index (χ4n) is 4.64. The first-order valence-corrected chi connectivity index (χ1v) is 19.3. The second-order valence-electron chi connectivity index (χ2n) is 11.8. The lowest BCUT2D eigenvalue weighted by molar-refractivity contribution is -0.147. The van der Waals surface area contributed by atoms with Crippen LogP contribution in [0.25, 0.3) is 0 Å². The topological polar surface area (TPSA) is 131 Å². The molecule has 0 aliphatic rings. The zero-order valence-corrected chi connectivity index (χ0v) is 29.5. The molecule has 45 heavy (non-hydrogen) atoms. The number of carbonyl (C=O) groups excluding carboxylic acids is 2. The number of amides is 1. The maximum Gasteiger partial charge on any atom is 0.472 e. The van der Waals surface area contributed by atoms with E-state index >= 15 is 0 Å². The van der Waals surface area contributed by atoms with E-state index in [0.717, 1.165) is 57.8 Å². The zero-order valence-electron chi connectivity index (χ0n) is 28.6. The SMILES string of the molecule is CCCCC/C=C\C/C=C\CCCCCCCCCC(=O)OCC(O)COP(=O)(O)OCCNC(=O)CCCCCCCCC. The average molecular weight is 660 g/mol. The number of phosphoric acid groups is 1. The van der Waals surface area contributed by atoms with Gasteiger partial charge >= 0.3 is 13.8 Å². The van der Waals surface area contributed by atoms with E-state index in [0.29, 0.717) is 6.42 Å². The molecule has 2 unspecified atom stereocenters. The fraction of sp³-hybridized carbons (Fsp3) is 0.829. The number of ether oxygens (including phenoxy) is 1. The van der Waals surface area contributed by atoms with Crippen LogP contribution in [0.5, 0.6) is 0 Å². The van der Waals surface area contributed by atoms with Crippen LogP contribution in [0, 0.1) is 0 Å². The molecule has 10 heteroatoms. The van der Waals surface area contributed by atoms with Crippen molar-refractivity contribution in [3.63, 3.8) is 0 Å². The summed E-state index contributed by atoms with van der Waals surface area (Å²) < 4.78 is 26.6. The van der Waals surface area contributed by atoms with Crippen LogP contribution < -0.4 is 5.32 Å². The number of aliphatic hydroxyl groups excluding tert-OH is 1. The molecule has 0 saturated heterocycles. The molecule has 0 heterocycles. The van der Waals surface area contributed by atoms with Crippen LogP contribution in [0.15, 0.2) is 24.3 Å². The Morgan fingerprint density at radius 1 is 0.689 bits per heavy atom. The molecule has 0 aromatic heterocycles. The number of nitrogens with one attached hydrogen (secondary N) is 1. The first kappa shape index (κ1) is 43.5. The summed E-state index contributed by atoms with van der Waals surface area (Å²) in [5, 5.41) is 12.6. The standard InChI is InChI=1S/C35H66NO8P/c1-3-5-7-9-11-12-13-14-15-16-17-18-19-20-22-24-26-28-35(39)42-31-33(37)32-44-45(40,41)43-30-29-36-34(38)27-25-23-21-10-8-6-4-2/h11-12,14-15,33,37H,3-10,13,16-32H2,1-2H3,(H,36,38)(H,40,41)/b12-11-,15-14-. The fourth-order valence-corrected chi connectivity index (χ4v) is 5.40. The van der Waals surface area contributed by atoms with E-state index < -0.39 is 26.5 Å². The number of hydrogen-bond donors (Lipinski definition) is 3. The maximum absolute atomic E-state index is 12.0. The van der Waals surface area contributed by atoms with Gasteiger partial charge in [-0.2, -0.15) is 0 Å². The Morgan fingerprint density at radius 2 is 1.20 bits per heavy atom. The van der Waals surface area contributed by atoms with E-state index in [9.17, 15) is 24.2 Å². The number of hydrogen-bond acceptors (Lipinski definition) is 7. The first-order valence-electron chi connectivity index (χ1n) is 17.8. The molecule has 0 aliphatic carbocycles. The molecule has 1 amide bonds. The summed E-state index contributed by atoms with van der Waals surface area (Å²) in [4.78, 5) is 33.5. The maximum atomic E-state index is 12.0. The minimum Gasteiger partial charge on any atom is -0.463 e. The summed E-state index contributed by atoms with van der Waals surface area (Å²) in [5.41, 5.74) is 0. The van der Waals surface area contributed by atoms with Crippen LogP contribution >= 0.6 is 7.82 Å². The quantitative estimate of drug-likeness (QED) is 0.0276. The molecular formula is C35H66NO8P. The molecule has 3 N–H and O–H groups in total. The molecule has 0 saturated carbocycles. The number of aliphatic hydroxyl groups is 1. The van der Waals surface area contributed by atoms with Crippen molar-refractivity contribution in [3.05, 3.63) is 24.3 Å². The highest BCUT2D eigenvalue weighted by Gasteiger charge is 2.23. The summed E-state index contributed by atoms with van der Waals surface area (Å²) in [6, 6.07) is 0. The van der Waals surface area contributed by atoms with Crippen LogP contribution in [-0.4, -0.2) is 54.3 Å². The van der Waals surface area contributed by atoms with Crippen molar-refractivity contribution in [1.29, 1.82) is 0 Å². The van der Waals surface area contributed by atoms with Gasteiger partial charge in [0.15, 0.2) is 0 Å². The van der Waals surface area contributed by atoms with E-state index in [4.69, 9.17) is 13.8 Å². The van der Waals surface area contributed by atoms with E-state index in [2.05, 4.69) is 43.5 Å². The number of rotatable bonds is 33. The Hall–Kier alpha value is -1.51. The van der Waals surface area contributed by atoms with Crippen LogP contribution in [0.2, 0.25) is 0 Å². The average Bonchev–Trinajstić information content (AvgIpc) is 3.02. The minimum atomic E-state index is -4.40. The van der Waals surface area contributed by atoms with E-state index in [1.807, 2.05) is 0 Å². The van der Waals surface area contributed by atoms with Crippen molar-refractivity contribution >= 4 is 19.7 Å². The number of allylic oxidation sites excluding steroid dienone is 4. The molecule has 2 atom stereocenters. The lowest BCUT2D eigenvalue weighted by Crippen LogP contribution is -2.27. The minimum absolute atomic E-state index is 0.0819. The van der Waals surface area contributed by atoms with Crippen molar-refractivity contribution in [1.82, 2.24) is 5.32 Å². The summed E-state index contributed by atoms with van der Waals surface area (Å²) in [6.07, 6.45) is 31.2. The number of esters is 1. The van der Waals surface area contributed by atoms with Gasteiger partial charge in [0.05, 0.1) is 13.2 Å². The third-order valence-corrected chi connectivity index (χ3v) is 8.37. The molecular weight excluding hydrogens is 593 g/mol. The van der Waals surface area contributed by atoms with Crippen LogP contribution in [0.3, 0.4) is 0 Å². The molecule has 264 valence electrons. The lowest BCUT2D eigenvalue weighted by Gasteiger charge is -2.15. The molecule has 0 rings (SSSR count). The molecule has 0 fully saturated rings. The van der Waals surface area contributed by atoms with Gasteiger partial charge in [-0.15, -0.1) is 0 Å². The van der Waals surface area contributed by atoms with Gasteiger partial charge in [-0.05, 0) is 44.9 Å². The van der Waals surface area contributed by atoms with Gasteiger partial charge in [-0.1, -0.05) is 122 Å². The molecule has 0 aliphatic heterocycles. The number of unbranched alkanes of at least 4 members (excludes halogenated alkanes) is 16. The van der Waals surface area contributed by atoms with Crippen molar-refractivity contribution in [2.24, 2.45) is 0 Å². The highest BCUT2D eigenvalue weighted by atomic mass is 31.2. The van der Waals surface area contributed by atoms with Gasteiger partial charge in [0.1, 0.15) is 12.7 Å². The Labute approximate surface area is 274 Å². The highest BCUT2D eigenvalue weighted by Crippen LogP contribution is 2.42. The van der Waals surface area contributed by atoms with Crippen LogP contribution in [0.4, 0.5) is 0 Å². The molecule has 0 aromatic carbocycles. The summed E-state index contributed by atoms with van der Waals surface area (Å²) in [5.74, 6) is -0.531. The van der Waals surface area contributed by atoms with Gasteiger partial charge in [-0.3, -0.25) is 18.6 Å². The Morgan fingerprint density at radius 3 is 1.82 bits per heavy atom. The van der Waals surface area contributed by atoms with Crippen LogP contribution in [0.1, 0.15) is 155 Å². The summed E-state index contributed by atoms with van der Waals surface area (Å²) in [7, 11) is -4.40. The molecule has 9 nitrogen and oxygen atoms in total. The van der Waals surface area contributed by atoms with Crippen molar-refractivity contribution in [2.75, 3.05) is 26.4 Å². The van der Waals surface area contributed by atoms with Gasteiger partial charge in [-0.25, -0.2) is 4.57 Å². The van der Waals surface area contributed by atoms with Gasteiger partial charge in [0, 0.05) is 19.4 Å². The first-order chi connectivity index (χ1) is 21.8.